The summed E-state index contributed by atoms with van der Waals surface area (Å²) in [6.45, 7) is 7.75. The SMILES string of the molecule is CC[C@H](C)NC(=O)C(=O)N/N=C\c1cc(C)n(-c2cccc(Br)c2)c1C. The normalized spacial score (nSPS) is 12.2. The minimum atomic E-state index is -0.776. The molecule has 1 atom stereocenters. The second-order valence-corrected chi connectivity index (χ2v) is 7.04. The molecule has 0 saturated carbocycles. The third-order valence-corrected chi connectivity index (χ3v) is 4.60. The molecule has 0 aliphatic carbocycles. The summed E-state index contributed by atoms with van der Waals surface area (Å²) < 4.78 is 3.10. The average Bonchev–Trinajstić information content (AvgIpc) is 2.88. The monoisotopic (exact) mass is 418 g/mol. The quantitative estimate of drug-likeness (QED) is 0.444. The van der Waals surface area contributed by atoms with Gasteiger partial charge in [-0.25, -0.2) is 5.43 Å². The van der Waals surface area contributed by atoms with E-state index in [1.165, 1.54) is 0 Å². The van der Waals surface area contributed by atoms with E-state index in [1.807, 2.05) is 58.0 Å². The number of benzene rings is 1. The van der Waals surface area contributed by atoms with Gasteiger partial charge in [-0.05, 0) is 51.5 Å². The number of rotatable bonds is 5. The van der Waals surface area contributed by atoms with Gasteiger partial charge in [0.1, 0.15) is 0 Å². The zero-order valence-corrected chi connectivity index (χ0v) is 16.9. The predicted octanol–water partition coefficient (Wildman–Crippen LogP) is 3.22. The molecule has 0 radical (unpaired) electrons. The summed E-state index contributed by atoms with van der Waals surface area (Å²) in [5.74, 6) is -1.46. The van der Waals surface area contributed by atoms with E-state index < -0.39 is 11.8 Å². The van der Waals surface area contributed by atoms with Crippen molar-refractivity contribution in [2.75, 3.05) is 0 Å². The number of amides is 2. The first kappa shape index (κ1) is 19.9. The van der Waals surface area contributed by atoms with Gasteiger partial charge in [0.2, 0.25) is 0 Å². The van der Waals surface area contributed by atoms with Crippen LogP contribution in [0.25, 0.3) is 5.69 Å². The Labute approximate surface area is 161 Å². The summed E-state index contributed by atoms with van der Waals surface area (Å²) >= 11 is 3.48. The van der Waals surface area contributed by atoms with Gasteiger partial charge in [-0.2, -0.15) is 5.10 Å². The summed E-state index contributed by atoms with van der Waals surface area (Å²) in [4.78, 5) is 23.4. The molecule has 2 N–H and O–H groups in total. The maximum Gasteiger partial charge on any atom is 0.329 e. The zero-order valence-electron chi connectivity index (χ0n) is 15.3. The molecule has 2 amide bonds. The first-order valence-corrected chi connectivity index (χ1v) is 9.21. The zero-order chi connectivity index (χ0) is 19.3. The lowest BCUT2D eigenvalue weighted by atomic mass is 10.2. The van der Waals surface area contributed by atoms with Gasteiger partial charge in [0.15, 0.2) is 0 Å². The van der Waals surface area contributed by atoms with Crippen molar-refractivity contribution in [1.29, 1.82) is 0 Å². The molecule has 0 aliphatic rings. The standard InChI is InChI=1S/C19H23BrN4O2/c1-5-12(2)22-18(25)19(26)23-21-11-15-9-13(3)24(14(15)4)17-8-6-7-16(20)10-17/h6-12H,5H2,1-4H3,(H,22,25)(H,23,26)/b21-11-/t12-/m0/s1. The number of hydrogen-bond donors (Lipinski definition) is 2. The Hall–Kier alpha value is -2.41. The number of halogens is 1. The highest BCUT2D eigenvalue weighted by Gasteiger charge is 2.14. The van der Waals surface area contributed by atoms with Crippen molar-refractivity contribution in [3.63, 3.8) is 0 Å². The number of hydrazone groups is 1. The fourth-order valence-corrected chi connectivity index (χ4v) is 2.92. The van der Waals surface area contributed by atoms with Gasteiger partial charge in [-0.3, -0.25) is 9.59 Å². The van der Waals surface area contributed by atoms with E-state index in [2.05, 4.69) is 36.3 Å². The lowest BCUT2D eigenvalue weighted by Gasteiger charge is -2.10. The summed E-state index contributed by atoms with van der Waals surface area (Å²) in [7, 11) is 0. The molecule has 1 aromatic carbocycles. The van der Waals surface area contributed by atoms with Gasteiger partial charge in [0.05, 0.1) is 6.21 Å². The highest BCUT2D eigenvalue weighted by Crippen LogP contribution is 2.22. The number of carbonyl (C=O) groups excluding carboxylic acids is 2. The smallest absolute Gasteiger partial charge is 0.329 e. The first-order valence-electron chi connectivity index (χ1n) is 8.42. The second-order valence-electron chi connectivity index (χ2n) is 6.12. The molecule has 0 aliphatic heterocycles. The lowest BCUT2D eigenvalue weighted by Crippen LogP contribution is -2.41. The molecule has 6 nitrogen and oxygen atoms in total. The Morgan fingerprint density at radius 1 is 1.27 bits per heavy atom. The van der Waals surface area contributed by atoms with Crippen molar-refractivity contribution in [3.8, 4) is 5.69 Å². The summed E-state index contributed by atoms with van der Waals surface area (Å²) in [6, 6.07) is 9.92. The summed E-state index contributed by atoms with van der Waals surface area (Å²) in [5, 5.41) is 6.51. The molecule has 2 aromatic rings. The fraction of sp³-hybridized carbons (Fsp3) is 0.316. The molecule has 138 valence electrons. The van der Waals surface area contributed by atoms with E-state index in [4.69, 9.17) is 0 Å². The van der Waals surface area contributed by atoms with Crippen molar-refractivity contribution in [2.45, 2.75) is 40.2 Å². The van der Waals surface area contributed by atoms with Gasteiger partial charge >= 0.3 is 11.8 Å². The largest absolute Gasteiger partial charge is 0.345 e. The summed E-state index contributed by atoms with van der Waals surface area (Å²) in [5.41, 5.74) is 6.20. The molecular weight excluding hydrogens is 396 g/mol. The van der Waals surface area contributed by atoms with E-state index in [0.717, 1.165) is 33.5 Å². The van der Waals surface area contributed by atoms with Gasteiger partial charge < -0.3 is 9.88 Å². The Morgan fingerprint density at radius 2 is 2.00 bits per heavy atom. The van der Waals surface area contributed by atoms with Crippen LogP contribution in [0.1, 0.15) is 37.2 Å². The van der Waals surface area contributed by atoms with Crippen LogP contribution in [0.2, 0.25) is 0 Å². The molecule has 0 spiro atoms. The van der Waals surface area contributed by atoms with E-state index in [-0.39, 0.29) is 6.04 Å². The average molecular weight is 419 g/mol. The molecule has 7 heteroatoms. The van der Waals surface area contributed by atoms with Crippen LogP contribution in [0.15, 0.2) is 39.9 Å². The van der Waals surface area contributed by atoms with Crippen LogP contribution in [0, 0.1) is 13.8 Å². The van der Waals surface area contributed by atoms with Gasteiger partial charge in [0.25, 0.3) is 0 Å². The highest BCUT2D eigenvalue weighted by molar-refractivity contribution is 9.10. The Bertz CT molecular complexity index is 842. The third kappa shape index (κ3) is 4.82. The number of nitrogens with one attached hydrogen (secondary N) is 2. The van der Waals surface area contributed by atoms with Crippen molar-refractivity contribution in [2.24, 2.45) is 5.10 Å². The minimum Gasteiger partial charge on any atom is -0.345 e. The lowest BCUT2D eigenvalue weighted by molar-refractivity contribution is -0.139. The van der Waals surface area contributed by atoms with Crippen LogP contribution in [-0.4, -0.2) is 28.6 Å². The summed E-state index contributed by atoms with van der Waals surface area (Å²) in [6.07, 6.45) is 2.30. The van der Waals surface area contributed by atoms with Crippen LogP contribution in [-0.2, 0) is 9.59 Å². The predicted molar refractivity (Wildman–Crippen MR) is 107 cm³/mol. The van der Waals surface area contributed by atoms with Crippen LogP contribution in [0.3, 0.4) is 0 Å². The Kier molecular flexibility index (Phi) is 6.74. The van der Waals surface area contributed by atoms with Gasteiger partial charge in [-0.1, -0.05) is 28.9 Å². The number of carbonyl (C=O) groups is 2. The molecule has 0 unspecified atom stereocenters. The van der Waals surface area contributed by atoms with E-state index in [0.29, 0.717) is 0 Å². The maximum absolute atomic E-state index is 11.8. The van der Waals surface area contributed by atoms with Crippen LogP contribution >= 0.6 is 15.9 Å². The maximum atomic E-state index is 11.8. The van der Waals surface area contributed by atoms with E-state index in [1.54, 1.807) is 6.21 Å². The van der Waals surface area contributed by atoms with Crippen molar-refractivity contribution in [1.82, 2.24) is 15.3 Å². The fourth-order valence-electron chi connectivity index (χ4n) is 2.53. The molecule has 1 heterocycles. The number of aromatic nitrogens is 1. The van der Waals surface area contributed by atoms with Crippen molar-refractivity contribution in [3.05, 3.63) is 51.8 Å². The first-order chi connectivity index (χ1) is 12.3. The third-order valence-electron chi connectivity index (χ3n) is 4.10. The van der Waals surface area contributed by atoms with Gasteiger partial charge in [-0.15, -0.1) is 0 Å². The Balaban J connectivity index is 2.11. The van der Waals surface area contributed by atoms with E-state index in [9.17, 15) is 9.59 Å². The van der Waals surface area contributed by atoms with Crippen LogP contribution < -0.4 is 10.7 Å². The molecule has 0 saturated heterocycles. The molecular formula is C19H23BrN4O2. The number of hydrogen-bond acceptors (Lipinski definition) is 3. The molecule has 26 heavy (non-hydrogen) atoms. The molecule has 1 aromatic heterocycles. The topological polar surface area (TPSA) is 75.5 Å². The molecule has 0 fully saturated rings. The van der Waals surface area contributed by atoms with Crippen LogP contribution in [0.5, 0.6) is 0 Å². The number of aryl methyl sites for hydroxylation is 1. The van der Waals surface area contributed by atoms with Crippen molar-refractivity contribution < 1.29 is 9.59 Å². The Morgan fingerprint density at radius 3 is 2.65 bits per heavy atom. The minimum absolute atomic E-state index is 0.0543. The highest BCUT2D eigenvalue weighted by atomic mass is 79.9. The van der Waals surface area contributed by atoms with Crippen molar-refractivity contribution >= 4 is 34.0 Å². The van der Waals surface area contributed by atoms with Gasteiger partial charge in [0, 0.05) is 33.2 Å². The van der Waals surface area contributed by atoms with Crippen LogP contribution in [0.4, 0.5) is 0 Å². The molecule has 0 bridgehead atoms. The molecule has 2 rings (SSSR count). The second kappa shape index (κ2) is 8.80. The number of nitrogens with zero attached hydrogens (tertiary/aromatic N) is 2. The van der Waals surface area contributed by atoms with E-state index >= 15 is 0 Å².